The van der Waals surface area contributed by atoms with Crippen LogP contribution in [0.5, 0.6) is 0 Å². The Bertz CT molecular complexity index is 463. The van der Waals surface area contributed by atoms with Gasteiger partial charge in [0, 0.05) is 11.4 Å². The summed E-state index contributed by atoms with van der Waals surface area (Å²) in [6, 6.07) is 7.42. The van der Waals surface area contributed by atoms with Crippen LogP contribution in [0.15, 0.2) is 41.2 Å². The Kier molecular flexibility index (Phi) is 3.32. The van der Waals surface area contributed by atoms with Crippen molar-refractivity contribution in [2.45, 2.75) is 19.4 Å². The first-order valence-corrected chi connectivity index (χ1v) is 5.50. The second-order valence-electron chi connectivity index (χ2n) is 3.81. The topological polar surface area (TPSA) is 33.4 Å². The maximum Gasteiger partial charge on any atom is 0.0935 e. The lowest BCUT2D eigenvalue weighted by molar-refractivity contribution is 0.177. The lowest BCUT2D eigenvalue weighted by Crippen LogP contribution is -2.03. The van der Waals surface area contributed by atoms with Gasteiger partial charge in [0.15, 0.2) is 0 Å². The highest BCUT2D eigenvalue weighted by Gasteiger charge is 2.13. The molecule has 1 aromatic heterocycles. The third-order valence-corrected chi connectivity index (χ3v) is 3.09. The fourth-order valence-electron chi connectivity index (χ4n) is 1.73. The van der Waals surface area contributed by atoms with Crippen molar-refractivity contribution < 1.29 is 9.52 Å². The van der Waals surface area contributed by atoms with Crippen molar-refractivity contribution in [3.63, 3.8) is 0 Å². The largest absolute Gasteiger partial charge is 0.472 e. The average molecular weight is 237 g/mol. The summed E-state index contributed by atoms with van der Waals surface area (Å²) >= 11 is 6.01. The van der Waals surface area contributed by atoms with E-state index in [4.69, 9.17) is 16.0 Å². The Morgan fingerprint density at radius 1 is 1.38 bits per heavy atom. The molecule has 1 unspecified atom stereocenters. The zero-order valence-corrected chi connectivity index (χ0v) is 9.74. The predicted molar refractivity (Wildman–Crippen MR) is 63.6 cm³/mol. The summed E-state index contributed by atoms with van der Waals surface area (Å²) in [7, 11) is 0. The van der Waals surface area contributed by atoms with E-state index in [2.05, 4.69) is 0 Å². The number of halogens is 1. The molecule has 16 heavy (non-hydrogen) atoms. The quantitative estimate of drug-likeness (QED) is 0.885. The van der Waals surface area contributed by atoms with E-state index in [0.29, 0.717) is 11.4 Å². The van der Waals surface area contributed by atoms with E-state index >= 15 is 0 Å². The van der Waals surface area contributed by atoms with Crippen LogP contribution in [0.3, 0.4) is 0 Å². The fourth-order valence-corrected chi connectivity index (χ4v) is 1.91. The second kappa shape index (κ2) is 4.73. The normalized spacial score (nSPS) is 12.7. The molecule has 2 aromatic rings. The van der Waals surface area contributed by atoms with Crippen LogP contribution in [0, 0.1) is 6.92 Å². The van der Waals surface area contributed by atoms with Gasteiger partial charge in [0.2, 0.25) is 0 Å². The Balaban J connectivity index is 2.21. The van der Waals surface area contributed by atoms with Crippen LogP contribution in [0.4, 0.5) is 0 Å². The molecule has 0 fully saturated rings. The van der Waals surface area contributed by atoms with Crippen molar-refractivity contribution in [3.8, 4) is 0 Å². The Morgan fingerprint density at radius 3 is 2.88 bits per heavy atom. The van der Waals surface area contributed by atoms with Crippen molar-refractivity contribution in [2.75, 3.05) is 0 Å². The standard InChI is InChI=1S/C13H13ClO2/c1-9-11(3-2-4-12(9)14)13(15)7-10-5-6-16-8-10/h2-6,8,13,15H,7H2,1H3. The number of benzene rings is 1. The average Bonchev–Trinajstić information content (AvgIpc) is 2.74. The van der Waals surface area contributed by atoms with E-state index in [9.17, 15) is 5.11 Å². The monoisotopic (exact) mass is 236 g/mol. The molecule has 0 radical (unpaired) electrons. The molecule has 1 N–H and O–H groups in total. The minimum absolute atomic E-state index is 0.539. The van der Waals surface area contributed by atoms with Crippen molar-refractivity contribution in [1.82, 2.24) is 0 Å². The molecule has 0 saturated heterocycles. The summed E-state index contributed by atoms with van der Waals surface area (Å²) in [5.41, 5.74) is 2.78. The van der Waals surface area contributed by atoms with Gasteiger partial charge in [0.25, 0.3) is 0 Å². The van der Waals surface area contributed by atoms with Crippen molar-refractivity contribution >= 4 is 11.6 Å². The Hall–Kier alpha value is -1.25. The lowest BCUT2D eigenvalue weighted by atomic mass is 9.99. The zero-order valence-electron chi connectivity index (χ0n) is 8.98. The van der Waals surface area contributed by atoms with Crippen LogP contribution >= 0.6 is 11.6 Å². The second-order valence-corrected chi connectivity index (χ2v) is 4.21. The smallest absolute Gasteiger partial charge is 0.0935 e. The van der Waals surface area contributed by atoms with Crippen LogP contribution in [0.25, 0.3) is 0 Å². The van der Waals surface area contributed by atoms with Gasteiger partial charge in [-0.25, -0.2) is 0 Å². The third kappa shape index (κ3) is 2.29. The van der Waals surface area contributed by atoms with Gasteiger partial charge in [-0.05, 0) is 35.7 Å². The van der Waals surface area contributed by atoms with E-state index in [0.717, 1.165) is 16.7 Å². The molecule has 0 spiro atoms. The molecular weight excluding hydrogens is 224 g/mol. The van der Waals surface area contributed by atoms with Gasteiger partial charge in [0.05, 0.1) is 18.6 Å². The molecule has 0 bridgehead atoms. The molecule has 0 saturated carbocycles. The van der Waals surface area contributed by atoms with E-state index in [1.165, 1.54) is 0 Å². The lowest BCUT2D eigenvalue weighted by Gasteiger charge is -2.13. The first-order chi connectivity index (χ1) is 7.68. The first-order valence-electron chi connectivity index (χ1n) is 5.12. The molecule has 0 aliphatic rings. The van der Waals surface area contributed by atoms with Crippen LogP contribution in [0.2, 0.25) is 5.02 Å². The number of aliphatic hydroxyl groups is 1. The Morgan fingerprint density at radius 2 is 2.19 bits per heavy atom. The summed E-state index contributed by atoms with van der Waals surface area (Å²) in [6.45, 7) is 1.91. The highest BCUT2D eigenvalue weighted by atomic mass is 35.5. The van der Waals surface area contributed by atoms with Crippen molar-refractivity contribution in [1.29, 1.82) is 0 Å². The molecule has 1 aromatic carbocycles. The number of furan rings is 1. The summed E-state index contributed by atoms with van der Waals surface area (Å²) in [6.07, 6.45) is 3.24. The van der Waals surface area contributed by atoms with Gasteiger partial charge in [-0.1, -0.05) is 23.7 Å². The molecule has 3 heteroatoms. The van der Waals surface area contributed by atoms with Gasteiger partial charge in [-0.2, -0.15) is 0 Å². The van der Waals surface area contributed by atoms with E-state index in [-0.39, 0.29) is 0 Å². The molecule has 0 amide bonds. The van der Waals surface area contributed by atoms with Crippen LogP contribution in [-0.2, 0) is 6.42 Å². The maximum atomic E-state index is 10.1. The molecule has 0 aliphatic heterocycles. The molecule has 2 rings (SSSR count). The van der Waals surface area contributed by atoms with Gasteiger partial charge < -0.3 is 9.52 Å². The molecule has 1 heterocycles. The van der Waals surface area contributed by atoms with Gasteiger partial charge in [-0.3, -0.25) is 0 Å². The summed E-state index contributed by atoms with van der Waals surface area (Å²) < 4.78 is 4.97. The summed E-state index contributed by atoms with van der Waals surface area (Å²) in [5, 5.41) is 10.8. The van der Waals surface area contributed by atoms with Crippen molar-refractivity contribution in [3.05, 3.63) is 58.5 Å². The Labute approximate surface area is 99.5 Å². The number of rotatable bonds is 3. The first kappa shape index (κ1) is 11.2. The van der Waals surface area contributed by atoms with E-state index in [1.54, 1.807) is 12.5 Å². The zero-order chi connectivity index (χ0) is 11.5. The highest BCUT2D eigenvalue weighted by Crippen LogP contribution is 2.26. The van der Waals surface area contributed by atoms with Crippen molar-refractivity contribution in [2.24, 2.45) is 0 Å². The van der Waals surface area contributed by atoms with E-state index < -0.39 is 6.10 Å². The number of hydrogen-bond acceptors (Lipinski definition) is 2. The minimum atomic E-state index is -0.545. The molecule has 1 atom stereocenters. The molecule has 0 aliphatic carbocycles. The maximum absolute atomic E-state index is 10.1. The highest BCUT2D eigenvalue weighted by molar-refractivity contribution is 6.31. The third-order valence-electron chi connectivity index (χ3n) is 2.68. The summed E-state index contributed by atoms with van der Waals surface area (Å²) in [5.74, 6) is 0. The van der Waals surface area contributed by atoms with Gasteiger partial charge >= 0.3 is 0 Å². The minimum Gasteiger partial charge on any atom is -0.472 e. The van der Waals surface area contributed by atoms with E-state index in [1.807, 2.05) is 31.2 Å². The van der Waals surface area contributed by atoms with Gasteiger partial charge in [0.1, 0.15) is 0 Å². The predicted octanol–water partition coefficient (Wildman–Crippen LogP) is 3.52. The van der Waals surface area contributed by atoms with Crippen LogP contribution in [0.1, 0.15) is 22.8 Å². The SMILES string of the molecule is Cc1c(Cl)cccc1C(O)Cc1ccoc1. The fraction of sp³-hybridized carbons (Fsp3) is 0.231. The van der Waals surface area contributed by atoms with Gasteiger partial charge in [-0.15, -0.1) is 0 Å². The molecule has 2 nitrogen and oxygen atoms in total. The molecular formula is C13H13ClO2. The molecule has 84 valence electrons. The van der Waals surface area contributed by atoms with Crippen LogP contribution in [-0.4, -0.2) is 5.11 Å². The summed E-state index contributed by atoms with van der Waals surface area (Å²) in [4.78, 5) is 0. The number of aliphatic hydroxyl groups excluding tert-OH is 1. The van der Waals surface area contributed by atoms with Crippen LogP contribution < -0.4 is 0 Å². The number of hydrogen-bond donors (Lipinski definition) is 1.